The molecule has 0 fully saturated rings. The van der Waals surface area contributed by atoms with Gasteiger partial charge in [0.2, 0.25) is 0 Å². The molecule has 0 amide bonds. The Balaban J connectivity index is 5.20. The molecule has 0 saturated heterocycles. The van der Waals surface area contributed by atoms with Crippen LogP contribution in [0.1, 0.15) is 6.92 Å². The summed E-state index contributed by atoms with van der Waals surface area (Å²) in [6.07, 6.45) is 2.86. The summed E-state index contributed by atoms with van der Waals surface area (Å²) in [6, 6.07) is 0. The summed E-state index contributed by atoms with van der Waals surface area (Å²) in [7, 11) is 1.24. The standard InChI is InChI=1S/C11H12BrClO3/c1-4-9(13)8(11(15)16-3)5-7(2)10(14)6-12/h4-5H,2,6H2,1,3H3/b8-5+,9-4+. The second-order valence-electron chi connectivity index (χ2n) is 2.77. The van der Waals surface area contributed by atoms with Gasteiger partial charge in [-0.15, -0.1) is 0 Å². The number of carbonyl (C=O) groups excluding carboxylic acids is 2. The van der Waals surface area contributed by atoms with Crippen LogP contribution in [-0.4, -0.2) is 24.2 Å². The maximum absolute atomic E-state index is 11.4. The van der Waals surface area contributed by atoms with E-state index in [1.165, 1.54) is 19.3 Å². The fourth-order valence-corrected chi connectivity index (χ4v) is 1.32. The number of allylic oxidation sites excluding steroid dienone is 3. The van der Waals surface area contributed by atoms with Gasteiger partial charge in [0.15, 0.2) is 5.78 Å². The summed E-state index contributed by atoms with van der Waals surface area (Å²) in [5.41, 5.74) is 0.309. The molecule has 0 rings (SSSR count). The molecule has 0 aliphatic rings. The van der Waals surface area contributed by atoms with Crippen LogP contribution in [0, 0.1) is 0 Å². The zero-order valence-corrected chi connectivity index (χ0v) is 11.4. The lowest BCUT2D eigenvalue weighted by atomic mass is 10.1. The Bertz CT molecular complexity index is 369. The van der Waals surface area contributed by atoms with Crippen molar-refractivity contribution in [1.29, 1.82) is 0 Å². The van der Waals surface area contributed by atoms with Gasteiger partial charge < -0.3 is 4.74 Å². The van der Waals surface area contributed by atoms with Gasteiger partial charge in [0, 0.05) is 5.57 Å². The number of esters is 1. The number of ketones is 1. The van der Waals surface area contributed by atoms with E-state index in [9.17, 15) is 9.59 Å². The van der Waals surface area contributed by atoms with Crippen molar-refractivity contribution in [2.24, 2.45) is 0 Å². The Morgan fingerprint density at radius 2 is 2.06 bits per heavy atom. The van der Waals surface area contributed by atoms with Gasteiger partial charge >= 0.3 is 5.97 Å². The van der Waals surface area contributed by atoms with Gasteiger partial charge in [0.05, 0.1) is 23.0 Å². The summed E-state index contributed by atoms with van der Waals surface area (Å²) in [5, 5.41) is 0.361. The van der Waals surface area contributed by atoms with Crippen LogP contribution in [0.25, 0.3) is 0 Å². The Hall–Kier alpha value is -0.870. The summed E-state index contributed by atoms with van der Waals surface area (Å²) < 4.78 is 4.55. The molecule has 5 heteroatoms. The average Bonchev–Trinajstić information content (AvgIpc) is 2.32. The zero-order chi connectivity index (χ0) is 12.7. The lowest BCUT2D eigenvalue weighted by Gasteiger charge is -2.04. The lowest BCUT2D eigenvalue weighted by molar-refractivity contribution is -0.135. The lowest BCUT2D eigenvalue weighted by Crippen LogP contribution is -2.08. The molecule has 0 aliphatic heterocycles. The Kier molecular flexibility index (Phi) is 7.01. The van der Waals surface area contributed by atoms with Crippen molar-refractivity contribution in [1.82, 2.24) is 0 Å². The smallest absolute Gasteiger partial charge is 0.339 e. The molecule has 0 radical (unpaired) electrons. The second kappa shape index (κ2) is 7.41. The monoisotopic (exact) mass is 306 g/mol. The molecule has 88 valence electrons. The fourth-order valence-electron chi connectivity index (χ4n) is 0.831. The van der Waals surface area contributed by atoms with Crippen molar-refractivity contribution >= 4 is 39.3 Å². The van der Waals surface area contributed by atoms with E-state index < -0.39 is 5.97 Å². The first-order valence-corrected chi connectivity index (χ1v) is 5.88. The molecule has 0 atom stereocenters. The minimum atomic E-state index is -0.605. The third-order valence-corrected chi connectivity index (χ3v) is 2.65. The Labute approximate surface area is 108 Å². The minimum Gasteiger partial charge on any atom is -0.465 e. The summed E-state index contributed by atoms with van der Waals surface area (Å²) >= 11 is 8.83. The molecule has 0 aliphatic carbocycles. The maximum Gasteiger partial charge on any atom is 0.339 e. The van der Waals surface area contributed by atoms with Crippen LogP contribution in [-0.2, 0) is 14.3 Å². The molecule has 3 nitrogen and oxygen atoms in total. The van der Waals surface area contributed by atoms with Crippen molar-refractivity contribution < 1.29 is 14.3 Å². The molecule has 0 aromatic rings. The number of alkyl halides is 1. The third-order valence-electron chi connectivity index (χ3n) is 1.71. The molecular weight excluding hydrogens is 295 g/mol. The van der Waals surface area contributed by atoms with Crippen molar-refractivity contribution in [2.75, 3.05) is 12.4 Å². The van der Waals surface area contributed by atoms with Gasteiger partial charge in [0.25, 0.3) is 0 Å². The van der Waals surface area contributed by atoms with Crippen molar-refractivity contribution in [3.05, 3.63) is 34.9 Å². The minimum absolute atomic E-state index is 0.117. The van der Waals surface area contributed by atoms with Gasteiger partial charge in [-0.2, -0.15) is 0 Å². The molecule has 0 heterocycles. The number of hydrogen-bond donors (Lipinski definition) is 0. The Morgan fingerprint density at radius 1 is 1.50 bits per heavy atom. The predicted octanol–water partition coefficient (Wildman–Crippen LogP) is 2.75. The number of methoxy groups -OCH3 is 1. The average molecular weight is 308 g/mol. The summed E-state index contributed by atoms with van der Waals surface area (Å²) in [4.78, 5) is 22.6. The highest BCUT2D eigenvalue weighted by Gasteiger charge is 2.14. The van der Waals surface area contributed by atoms with E-state index >= 15 is 0 Å². The van der Waals surface area contributed by atoms with Gasteiger partial charge in [-0.1, -0.05) is 40.2 Å². The first kappa shape index (κ1) is 15.1. The second-order valence-corrected chi connectivity index (χ2v) is 3.74. The SMILES string of the molecule is C=C(/C=C(C(=O)OC)\C(Cl)=C/C)C(=O)CBr. The molecule has 16 heavy (non-hydrogen) atoms. The molecule has 0 aromatic heterocycles. The van der Waals surface area contributed by atoms with Gasteiger partial charge in [-0.3, -0.25) is 4.79 Å². The third kappa shape index (κ3) is 4.33. The molecule has 0 aromatic carbocycles. The first-order chi connectivity index (χ1) is 7.47. The predicted molar refractivity (Wildman–Crippen MR) is 67.7 cm³/mol. The molecule has 0 bridgehead atoms. The number of Topliss-reactive ketones (excluding diaryl/α,β-unsaturated/α-hetero) is 1. The van der Waals surface area contributed by atoms with Crippen LogP contribution in [0.5, 0.6) is 0 Å². The summed E-state index contributed by atoms with van der Waals surface area (Å²) in [5.74, 6) is -0.825. The van der Waals surface area contributed by atoms with E-state index in [0.29, 0.717) is 0 Å². The molecular formula is C11H12BrClO3. The topological polar surface area (TPSA) is 43.4 Å². The van der Waals surface area contributed by atoms with E-state index in [4.69, 9.17) is 11.6 Å². The van der Waals surface area contributed by atoms with Gasteiger partial charge in [-0.25, -0.2) is 4.79 Å². The number of halogens is 2. The van der Waals surface area contributed by atoms with E-state index in [-0.39, 0.29) is 27.3 Å². The van der Waals surface area contributed by atoms with Crippen LogP contribution in [0.15, 0.2) is 34.9 Å². The van der Waals surface area contributed by atoms with E-state index in [2.05, 4.69) is 27.2 Å². The number of carbonyl (C=O) groups is 2. The Morgan fingerprint density at radius 3 is 2.44 bits per heavy atom. The van der Waals surface area contributed by atoms with Crippen molar-refractivity contribution in [3.63, 3.8) is 0 Å². The molecule has 0 unspecified atom stereocenters. The van der Waals surface area contributed by atoms with Crippen LogP contribution >= 0.6 is 27.5 Å². The molecule has 0 N–H and O–H groups in total. The highest BCUT2D eigenvalue weighted by molar-refractivity contribution is 9.09. The number of hydrogen-bond acceptors (Lipinski definition) is 3. The first-order valence-electron chi connectivity index (χ1n) is 4.38. The normalized spacial score (nSPS) is 12.2. The zero-order valence-electron chi connectivity index (χ0n) is 9.05. The van der Waals surface area contributed by atoms with Gasteiger partial charge in [0.1, 0.15) is 0 Å². The molecule has 0 spiro atoms. The van der Waals surface area contributed by atoms with E-state index in [1.807, 2.05) is 0 Å². The highest BCUT2D eigenvalue weighted by Crippen LogP contribution is 2.18. The van der Waals surface area contributed by atoms with Crippen LogP contribution in [0.3, 0.4) is 0 Å². The van der Waals surface area contributed by atoms with E-state index in [1.54, 1.807) is 6.92 Å². The fraction of sp³-hybridized carbons (Fsp3) is 0.273. The van der Waals surface area contributed by atoms with Gasteiger partial charge in [-0.05, 0) is 13.0 Å². The number of ether oxygens (including phenoxy) is 1. The van der Waals surface area contributed by atoms with Crippen molar-refractivity contribution in [3.8, 4) is 0 Å². The molecule has 0 saturated carbocycles. The van der Waals surface area contributed by atoms with Crippen LogP contribution < -0.4 is 0 Å². The van der Waals surface area contributed by atoms with E-state index in [0.717, 1.165) is 0 Å². The van der Waals surface area contributed by atoms with Crippen LogP contribution in [0.2, 0.25) is 0 Å². The quantitative estimate of drug-likeness (QED) is 0.339. The maximum atomic E-state index is 11.4. The largest absolute Gasteiger partial charge is 0.465 e. The number of rotatable bonds is 5. The summed E-state index contributed by atoms with van der Waals surface area (Å²) in [6.45, 7) is 5.22. The van der Waals surface area contributed by atoms with Crippen LogP contribution in [0.4, 0.5) is 0 Å². The highest BCUT2D eigenvalue weighted by atomic mass is 79.9. The van der Waals surface area contributed by atoms with Crippen molar-refractivity contribution in [2.45, 2.75) is 6.92 Å².